The lowest BCUT2D eigenvalue weighted by atomic mass is 9.80. The molecule has 1 unspecified atom stereocenters. The molecule has 1 aliphatic rings. The zero-order valence-electron chi connectivity index (χ0n) is 20.0. The summed E-state index contributed by atoms with van der Waals surface area (Å²) in [7, 11) is 5.20. The zero-order chi connectivity index (χ0) is 24.2. The first-order valence-corrected chi connectivity index (χ1v) is 11.4. The highest BCUT2D eigenvalue weighted by Crippen LogP contribution is 2.32. The van der Waals surface area contributed by atoms with E-state index in [9.17, 15) is 4.79 Å². The van der Waals surface area contributed by atoms with Crippen LogP contribution in [0.5, 0.6) is 0 Å². The summed E-state index contributed by atoms with van der Waals surface area (Å²) >= 11 is 0. The molecule has 0 radical (unpaired) electrons. The standard InChI is InChI=1S/C25H30N8O/c1-5-16-6-8-17(9-7-16)23(27-2)22-19(26)11-10-18-14-28-25(30-24(18)22)29-20-12-13-33(31-20)15-21(34)32(3)4/h6-9,12-14,22,26H,5,10-11,15H2,1-4H3,(H,28,29,30,31). The molecule has 34 heavy (non-hydrogen) atoms. The van der Waals surface area contributed by atoms with Crippen molar-refractivity contribution in [1.82, 2.24) is 24.6 Å². The number of aliphatic imine (C=N–C) groups is 1. The van der Waals surface area contributed by atoms with Crippen molar-refractivity contribution in [3.05, 3.63) is 65.1 Å². The molecule has 1 aromatic carbocycles. The molecular formula is C25H30N8O. The number of fused-ring (bicyclic) bond motifs is 1. The molecule has 1 atom stereocenters. The van der Waals surface area contributed by atoms with Gasteiger partial charge < -0.3 is 15.6 Å². The first kappa shape index (κ1) is 23.3. The van der Waals surface area contributed by atoms with E-state index in [1.807, 2.05) is 6.20 Å². The summed E-state index contributed by atoms with van der Waals surface area (Å²) in [4.78, 5) is 27.3. The summed E-state index contributed by atoms with van der Waals surface area (Å²) in [5.41, 5.74) is 5.53. The molecule has 2 aromatic heterocycles. The van der Waals surface area contributed by atoms with E-state index < -0.39 is 0 Å². The number of benzene rings is 1. The second kappa shape index (κ2) is 9.94. The number of carbonyl (C=O) groups is 1. The van der Waals surface area contributed by atoms with Gasteiger partial charge >= 0.3 is 0 Å². The molecule has 176 valence electrons. The first-order chi connectivity index (χ1) is 16.4. The molecule has 1 aliphatic carbocycles. The van der Waals surface area contributed by atoms with Gasteiger partial charge in [-0.25, -0.2) is 9.97 Å². The van der Waals surface area contributed by atoms with E-state index in [0.29, 0.717) is 23.9 Å². The van der Waals surface area contributed by atoms with Gasteiger partial charge in [0, 0.05) is 45.3 Å². The fourth-order valence-electron chi connectivity index (χ4n) is 4.04. The maximum Gasteiger partial charge on any atom is 0.243 e. The van der Waals surface area contributed by atoms with Gasteiger partial charge in [-0.15, -0.1) is 0 Å². The van der Waals surface area contributed by atoms with E-state index in [1.54, 1.807) is 38.1 Å². The van der Waals surface area contributed by atoms with Crippen LogP contribution < -0.4 is 5.32 Å². The van der Waals surface area contributed by atoms with Gasteiger partial charge in [0.2, 0.25) is 11.9 Å². The Hall–Kier alpha value is -3.88. The van der Waals surface area contributed by atoms with Crippen molar-refractivity contribution in [3.8, 4) is 0 Å². The second-order valence-corrected chi connectivity index (χ2v) is 8.53. The predicted octanol–water partition coefficient (Wildman–Crippen LogP) is 3.24. The minimum absolute atomic E-state index is 0.0422. The lowest BCUT2D eigenvalue weighted by Crippen LogP contribution is -2.29. The first-order valence-electron chi connectivity index (χ1n) is 11.4. The molecule has 9 nitrogen and oxygen atoms in total. The molecule has 0 saturated carbocycles. The second-order valence-electron chi connectivity index (χ2n) is 8.53. The molecule has 0 fully saturated rings. The Bertz CT molecular complexity index is 1230. The van der Waals surface area contributed by atoms with E-state index >= 15 is 0 Å². The maximum absolute atomic E-state index is 11.9. The Morgan fingerprint density at radius 2 is 2.00 bits per heavy atom. The van der Waals surface area contributed by atoms with Crippen LogP contribution in [-0.2, 0) is 24.2 Å². The Morgan fingerprint density at radius 1 is 1.24 bits per heavy atom. The third-order valence-corrected chi connectivity index (χ3v) is 6.03. The van der Waals surface area contributed by atoms with Crippen LogP contribution >= 0.6 is 0 Å². The molecule has 0 saturated heterocycles. The van der Waals surface area contributed by atoms with Crippen molar-refractivity contribution in [3.63, 3.8) is 0 Å². The molecule has 2 heterocycles. The Kier molecular flexibility index (Phi) is 6.81. The van der Waals surface area contributed by atoms with Crippen LogP contribution in [0.2, 0.25) is 0 Å². The van der Waals surface area contributed by atoms with Crippen LogP contribution in [0.4, 0.5) is 11.8 Å². The minimum Gasteiger partial charge on any atom is -0.347 e. The SMILES string of the molecule is CCc1ccc(C(=NC)C2C(=N)CCc3cnc(Nc4ccn(CC(=O)N(C)C)n4)nc32)cc1. The highest BCUT2D eigenvalue weighted by Gasteiger charge is 2.32. The van der Waals surface area contributed by atoms with Crippen molar-refractivity contribution in [2.45, 2.75) is 38.6 Å². The van der Waals surface area contributed by atoms with Gasteiger partial charge in [-0.3, -0.25) is 14.5 Å². The lowest BCUT2D eigenvalue weighted by molar-refractivity contribution is -0.129. The Labute approximate surface area is 199 Å². The largest absolute Gasteiger partial charge is 0.347 e. The van der Waals surface area contributed by atoms with Crippen LogP contribution in [-0.4, -0.2) is 63.1 Å². The van der Waals surface area contributed by atoms with Crippen LogP contribution in [0.3, 0.4) is 0 Å². The fourth-order valence-corrected chi connectivity index (χ4v) is 4.04. The number of aromatic nitrogens is 4. The van der Waals surface area contributed by atoms with Gasteiger partial charge in [0.1, 0.15) is 6.54 Å². The van der Waals surface area contributed by atoms with Gasteiger partial charge in [-0.2, -0.15) is 5.10 Å². The number of rotatable bonds is 7. The highest BCUT2D eigenvalue weighted by atomic mass is 16.2. The lowest BCUT2D eigenvalue weighted by Gasteiger charge is -2.27. The fraction of sp³-hybridized carbons (Fsp3) is 0.360. The third-order valence-electron chi connectivity index (χ3n) is 6.03. The van der Waals surface area contributed by atoms with Gasteiger partial charge in [-0.1, -0.05) is 31.2 Å². The molecule has 9 heteroatoms. The number of hydrogen-bond donors (Lipinski definition) is 2. The number of carbonyl (C=O) groups excluding carboxylic acids is 1. The van der Waals surface area contributed by atoms with E-state index in [4.69, 9.17) is 10.4 Å². The average Bonchev–Trinajstić information content (AvgIpc) is 3.27. The molecule has 3 aromatic rings. The number of nitrogens with zero attached hydrogens (tertiary/aromatic N) is 6. The molecule has 1 amide bonds. The maximum atomic E-state index is 11.9. The smallest absolute Gasteiger partial charge is 0.243 e. The number of nitrogens with one attached hydrogen (secondary N) is 2. The summed E-state index contributed by atoms with van der Waals surface area (Å²) in [5, 5.41) is 16.3. The summed E-state index contributed by atoms with van der Waals surface area (Å²) in [5.74, 6) is 0.590. The van der Waals surface area contributed by atoms with E-state index in [2.05, 4.69) is 51.6 Å². The van der Waals surface area contributed by atoms with E-state index in [-0.39, 0.29) is 18.4 Å². The van der Waals surface area contributed by atoms with Crippen molar-refractivity contribution in [2.75, 3.05) is 26.5 Å². The number of anilines is 2. The normalized spacial score (nSPS) is 15.7. The van der Waals surface area contributed by atoms with Crippen molar-refractivity contribution >= 4 is 29.1 Å². The number of aryl methyl sites for hydroxylation is 2. The van der Waals surface area contributed by atoms with Crippen molar-refractivity contribution < 1.29 is 4.79 Å². The summed E-state index contributed by atoms with van der Waals surface area (Å²) in [6, 6.07) is 10.1. The van der Waals surface area contributed by atoms with Crippen LogP contribution in [0.25, 0.3) is 0 Å². The predicted molar refractivity (Wildman–Crippen MR) is 133 cm³/mol. The van der Waals surface area contributed by atoms with Gasteiger partial charge in [0.15, 0.2) is 5.82 Å². The zero-order valence-corrected chi connectivity index (χ0v) is 20.0. The molecule has 0 aliphatic heterocycles. The van der Waals surface area contributed by atoms with Crippen LogP contribution in [0.15, 0.2) is 47.7 Å². The highest BCUT2D eigenvalue weighted by molar-refractivity contribution is 6.18. The Balaban J connectivity index is 1.61. The summed E-state index contributed by atoms with van der Waals surface area (Å²) < 4.78 is 1.57. The Morgan fingerprint density at radius 3 is 2.68 bits per heavy atom. The molecule has 4 rings (SSSR count). The van der Waals surface area contributed by atoms with Crippen LogP contribution in [0.1, 0.15) is 41.6 Å². The van der Waals surface area contributed by atoms with Gasteiger partial charge in [0.05, 0.1) is 17.3 Å². The topological polar surface area (TPSA) is 112 Å². The third kappa shape index (κ3) is 4.88. The van der Waals surface area contributed by atoms with Crippen molar-refractivity contribution in [2.24, 2.45) is 4.99 Å². The number of amides is 1. The van der Waals surface area contributed by atoms with Gasteiger partial charge in [-0.05, 0) is 36.0 Å². The van der Waals surface area contributed by atoms with E-state index in [0.717, 1.165) is 35.4 Å². The molecule has 0 bridgehead atoms. The monoisotopic (exact) mass is 458 g/mol. The molecule has 2 N–H and O–H groups in total. The van der Waals surface area contributed by atoms with Gasteiger partial charge in [0.25, 0.3) is 0 Å². The van der Waals surface area contributed by atoms with Crippen LogP contribution in [0, 0.1) is 5.41 Å². The minimum atomic E-state index is -0.319. The van der Waals surface area contributed by atoms with E-state index in [1.165, 1.54) is 10.5 Å². The van der Waals surface area contributed by atoms with Crippen molar-refractivity contribution in [1.29, 1.82) is 5.41 Å². The average molecular weight is 459 g/mol. The quantitative estimate of drug-likeness (QED) is 0.528. The summed E-state index contributed by atoms with van der Waals surface area (Å²) in [6.45, 7) is 2.29. The summed E-state index contributed by atoms with van der Waals surface area (Å²) in [6.07, 6.45) is 5.93. The molecule has 0 spiro atoms. The number of likely N-dealkylation sites (N-methyl/N-ethyl adjacent to an activating group) is 1. The number of hydrogen-bond acceptors (Lipinski definition) is 7. The molecular weight excluding hydrogens is 428 g/mol.